The van der Waals surface area contributed by atoms with Gasteiger partial charge in [0.1, 0.15) is 0 Å². The highest BCUT2D eigenvalue weighted by molar-refractivity contribution is 6.33. The Labute approximate surface area is 82.6 Å². The van der Waals surface area contributed by atoms with Crippen molar-refractivity contribution >= 4 is 17.3 Å². The van der Waals surface area contributed by atoms with Crippen LogP contribution in [0.25, 0.3) is 0 Å². The summed E-state index contributed by atoms with van der Waals surface area (Å²) in [5.74, 6) is 0. The SMILES string of the molecule is NC/C=C/CNc1ccncc1Cl. The third-order valence-electron chi connectivity index (χ3n) is 1.49. The maximum Gasteiger partial charge on any atom is 0.0820 e. The largest absolute Gasteiger partial charge is 0.380 e. The van der Waals surface area contributed by atoms with E-state index in [2.05, 4.69) is 10.3 Å². The van der Waals surface area contributed by atoms with Gasteiger partial charge >= 0.3 is 0 Å². The van der Waals surface area contributed by atoms with Crippen LogP contribution in [0.4, 0.5) is 5.69 Å². The van der Waals surface area contributed by atoms with Gasteiger partial charge in [-0.25, -0.2) is 0 Å². The molecule has 0 aliphatic heterocycles. The highest BCUT2D eigenvalue weighted by Crippen LogP contribution is 2.18. The fraction of sp³-hybridized carbons (Fsp3) is 0.222. The van der Waals surface area contributed by atoms with E-state index in [-0.39, 0.29) is 0 Å². The van der Waals surface area contributed by atoms with Crippen molar-refractivity contribution in [3.05, 3.63) is 35.6 Å². The molecule has 0 amide bonds. The topological polar surface area (TPSA) is 50.9 Å². The summed E-state index contributed by atoms with van der Waals surface area (Å²) in [5.41, 5.74) is 6.17. The molecule has 0 aromatic carbocycles. The van der Waals surface area contributed by atoms with E-state index in [1.54, 1.807) is 12.4 Å². The van der Waals surface area contributed by atoms with Crippen LogP contribution in [0.3, 0.4) is 0 Å². The average molecular weight is 198 g/mol. The Kier molecular flexibility index (Phi) is 4.29. The molecule has 3 N–H and O–H groups in total. The third-order valence-corrected chi connectivity index (χ3v) is 1.79. The number of anilines is 1. The number of nitrogens with one attached hydrogen (secondary N) is 1. The monoisotopic (exact) mass is 197 g/mol. The van der Waals surface area contributed by atoms with Gasteiger partial charge in [0.2, 0.25) is 0 Å². The lowest BCUT2D eigenvalue weighted by Crippen LogP contribution is -2.00. The molecule has 0 radical (unpaired) electrons. The van der Waals surface area contributed by atoms with Crippen molar-refractivity contribution in [2.75, 3.05) is 18.4 Å². The summed E-state index contributed by atoms with van der Waals surface area (Å²) >= 11 is 5.86. The van der Waals surface area contributed by atoms with Gasteiger partial charge in [-0.1, -0.05) is 23.8 Å². The number of pyridine rings is 1. The molecule has 13 heavy (non-hydrogen) atoms. The number of halogens is 1. The number of nitrogens with zero attached hydrogens (tertiary/aromatic N) is 1. The maximum atomic E-state index is 5.86. The second kappa shape index (κ2) is 5.56. The van der Waals surface area contributed by atoms with Crippen LogP contribution in [0.2, 0.25) is 5.02 Å². The molecule has 0 aliphatic carbocycles. The van der Waals surface area contributed by atoms with Crippen molar-refractivity contribution in [1.29, 1.82) is 0 Å². The first-order chi connectivity index (χ1) is 6.34. The number of hydrogen-bond donors (Lipinski definition) is 2. The minimum absolute atomic E-state index is 0.561. The van der Waals surface area contributed by atoms with Crippen LogP contribution in [0.1, 0.15) is 0 Å². The predicted molar refractivity (Wildman–Crippen MR) is 55.9 cm³/mol. The second-order valence-electron chi connectivity index (χ2n) is 2.44. The molecule has 1 aromatic rings. The van der Waals surface area contributed by atoms with Crippen molar-refractivity contribution in [3.63, 3.8) is 0 Å². The van der Waals surface area contributed by atoms with Crippen LogP contribution in [-0.4, -0.2) is 18.1 Å². The smallest absolute Gasteiger partial charge is 0.0820 e. The van der Waals surface area contributed by atoms with Gasteiger partial charge in [0.05, 0.1) is 10.7 Å². The zero-order valence-corrected chi connectivity index (χ0v) is 7.96. The van der Waals surface area contributed by atoms with Gasteiger partial charge in [-0.15, -0.1) is 0 Å². The molecule has 0 unspecified atom stereocenters. The minimum atomic E-state index is 0.561. The summed E-state index contributed by atoms with van der Waals surface area (Å²) < 4.78 is 0. The van der Waals surface area contributed by atoms with Crippen molar-refractivity contribution in [1.82, 2.24) is 4.98 Å². The molecular formula is C9H12ClN3. The zero-order valence-electron chi connectivity index (χ0n) is 7.20. The average Bonchev–Trinajstić information content (AvgIpc) is 2.15. The molecule has 0 atom stereocenters. The first-order valence-corrected chi connectivity index (χ1v) is 4.41. The first kappa shape index (κ1) is 10.0. The number of nitrogens with two attached hydrogens (primary N) is 1. The number of hydrogen-bond acceptors (Lipinski definition) is 3. The Balaban J connectivity index is 2.45. The molecule has 0 bridgehead atoms. The third kappa shape index (κ3) is 3.44. The molecule has 1 rings (SSSR count). The van der Waals surface area contributed by atoms with Gasteiger partial charge in [0.15, 0.2) is 0 Å². The van der Waals surface area contributed by atoms with Gasteiger partial charge in [-0.3, -0.25) is 4.98 Å². The van der Waals surface area contributed by atoms with Gasteiger partial charge < -0.3 is 11.1 Å². The van der Waals surface area contributed by atoms with Gasteiger partial charge in [-0.2, -0.15) is 0 Å². The van der Waals surface area contributed by atoms with Crippen LogP contribution in [0, 0.1) is 0 Å². The van der Waals surface area contributed by atoms with E-state index in [0.717, 1.165) is 12.2 Å². The summed E-state index contributed by atoms with van der Waals surface area (Å²) in [7, 11) is 0. The lowest BCUT2D eigenvalue weighted by Gasteiger charge is -2.03. The van der Waals surface area contributed by atoms with Crippen LogP contribution in [0.5, 0.6) is 0 Å². The molecular weight excluding hydrogens is 186 g/mol. The molecule has 0 saturated carbocycles. The lowest BCUT2D eigenvalue weighted by molar-refractivity contribution is 1.22. The molecule has 1 aromatic heterocycles. The molecule has 0 spiro atoms. The van der Waals surface area contributed by atoms with E-state index in [1.165, 1.54) is 0 Å². The first-order valence-electron chi connectivity index (χ1n) is 4.03. The molecule has 70 valence electrons. The Morgan fingerprint density at radius 2 is 2.38 bits per heavy atom. The summed E-state index contributed by atoms with van der Waals surface area (Å²) in [6.45, 7) is 1.28. The molecule has 0 saturated heterocycles. The van der Waals surface area contributed by atoms with Crippen molar-refractivity contribution in [2.24, 2.45) is 5.73 Å². The van der Waals surface area contributed by atoms with Crippen molar-refractivity contribution in [3.8, 4) is 0 Å². The van der Waals surface area contributed by atoms with Gasteiger partial charge in [0.25, 0.3) is 0 Å². The quantitative estimate of drug-likeness (QED) is 0.722. The van der Waals surface area contributed by atoms with Crippen LogP contribution in [-0.2, 0) is 0 Å². The molecule has 0 aliphatic rings. The van der Waals surface area contributed by atoms with E-state index in [0.29, 0.717) is 11.6 Å². The molecule has 1 heterocycles. The minimum Gasteiger partial charge on any atom is -0.380 e. The molecule has 4 heteroatoms. The standard InChI is InChI=1S/C9H12ClN3/c10-8-7-12-6-3-9(8)13-5-2-1-4-11/h1-3,6-7H,4-5,11H2,(H,12,13)/b2-1+. The summed E-state index contributed by atoms with van der Waals surface area (Å²) in [6, 6.07) is 1.83. The van der Waals surface area contributed by atoms with Crippen molar-refractivity contribution in [2.45, 2.75) is 0 Å². The van der Waals surface area contributed by atoms with Gasteiger partial charge in [-0.05, 0) is 6.07 Å². The van der Waals surface area contributed by atoms with E-state index in [4.69, 9.17) is 17.3 Å². The highest BCUT2D eigenvalue weighted by atomic mass is 35.5. The normalized spacial score (nSPS) is 10.6. The van der Waals surface area contributed by atoms with E-state index in [1.807, 2.05) is 18.2 Å². The fourth-order valence-electron chi connectivity index (χ4n) is 0.867. The van der Waals surface area contributed by atoms with E-state index >= 15 is 0 Å². The Morgan fingerprint density at radius 3 is 3.08 bits per heavy atom. The van der Waals surface area contributed by atoms with E-state index in [9.17, 15) is 0 Å². The number of rotatable bonds is 4. The number of aromatic nitrogens is 1. The van der Waals surface area contributed by atoms with Crippen LogP contribution < -0.4 is 11.1 Å². The van der Waals surface area contributed by atoms with Crippen LogP contribution >= 0.6 is 11.6 Å². The lowest BCUT2D eigenvalue weighted by atomic mass is 10.4. The molecule has 3 nitrogen and oxygen atoms in total. The summed E-state index contributed by atoms with van der Waals surface area (Å²) in [4.78, 5) is 3.88. The molecule has 0 fully saturated rings. The maximum absolute atomic E-state index is 5.86. The summed E-state index contributed by atoms with van der Waals surface area (Å²) in [5, 5.41) is 3.76. The zero-order chi connectivity index (χ0) is 9.52. The Hall–Kier alpha value is -1.06. The summed E-state index contributed by atoms with van der Waals surface area (Å²) in [6.07, 6.45) is 7.15. The van der Waals surface area contributed by atoms with Crippen molar-refractivity contribution < 1.29 is 0 Å². The Morgan fingerprint density at radius 1 is 1.54 bits per heavy atom. The predicted octanol–water partition coefficient (Wildman–Crippen LogP) is 1.66. The van der Waals surface area contributed by atoms with E-state index < -0.39 is 0 Å². The Bertz CT molecular complexity index is 286. The van der Waals surface area contributed by atoms with Crippen LogP contribution in [0.15, 0.2) is 30.6 Å². The second-order valence-corrected chi connectivity index (χ2v) is 2.85. The fourth-order valence-corrected chi connectivity index (χ4v) is 1.05. The highest BCUT2D eigenvalue weighted by Gasteiger charge is 1.95. The van der Waals surface area contributed by atoms with Gasteiger partial charge in [0, 0.05) is 25.5 Å².